The van der Waals surface area contributed by atoms with Crippen molar-refractivity contribution in [2.45, 2.75) is 44.6 Å². The van der Waals surface area contributed by atoms with Gasteiger partial charge in [-0.05, 0) is 37.8 Å². The Morgan fingerprint density at radius 2 is 1.90 bits per heavy atom. The van der Waals surface area contributed by atoms with Gasteiger partial charge in [-0.15, -0.1) is 0 Å². The first kappa shape index (κ1) is 14.8. The van der Waals surface area contributed by atoms with Crippen molar-refractivity contribution in [3.63, 3.8) is 0 Å². The average Bonchev–Trinajstić information content (AvgIpc) is 2.66. The van der Waals surface area contributed by atoms with Crippen molar-refractivity contribution in [3.05, 3.63) is 38.9 Å². The third kappa shape index (κ3) is 3.70. The maximum atomic E-state index is 12.1. The molecule has 5 nitrogen and oxygen atoms in total. The van der Waals surface area contributed by atoms with Crippen LogP contribution in [0.5, 0.6) is 0 Å². The molecule has 1 fully saturated rings. The Morgan fingerprint density at radius 1 is 1.25 bits per heavy atom. The average molecular weight is 298 g/mol. The van der Waals surface area contributed by atoms with Gasteiger partial charge in [0.1, 0.15) is 11.7 Å². The lowest BCUT2D eigenvalue weighted by atomic mass is 10.1. The van der Waals surface area contributed by atoms with E-state index in [1.54, 1.807) is 0 Å². The van der Waals surface area contributed by atoms with E-state index in [-0.39, 0.29) is 22.4 Å². The molecule has 0 heterocycles. The largest absolute Gasteiger partial charge is 0.459 e. The van der Waals surface area contributed by atoms with Crippen LogP contribution in [-0.2, 0) is 4.74 Å². The second-order valence-corrected chi connectivity index (χ2v) is 5.37. The molecular formula is C14H16ClNO4. The number of hydrogen-bond donors (Lipinski definition) is 0. The summed E-state index contributed by atoms with van der Waals surface area (Å²) >= 11 is 5.80. The Balaban J connectivity index is 2.15. The smallest absolute Gasteiger partial charge is 0.345 e. The number of rotatable bonds is 3. The van der Waals surface area contributed by atoms with Crippen molar-refractivity contribution in [1.82, 2.24) is 0 Å². The summed E-state index contributed by atoms with van der Waals surface area (Å²) in [6, 6.07) is 3.91. The number of esters is 1. The van der Waals surface area contributed by atoms with Gasteiger partial charge in [0, 0.05) is 11.1 Å². The van der Waals surface area contributed by atoms with Gasteiger partial charge in [-0.1, -0.05) is 24.4 Å². The Bertz CT molecular complexity index is 510. The van der Waals surface area contributed by atoms with Crippen LogP contribution in [-0.4, -0.2) is 17.0 Å². The zero-order valence-electron chi connectivity index (χ0n) is 11.0. The lowest BCUT2D eigenvalue weighted by molar-refractivity contribution is -0.385. The molecule has 0 unspecified atom stereocenters. The molecule has 0 aliphatic heterocycles. The first-order chi connectivity index (χ1) is 9.58. The predicted molar refractivity (Wildman–Crippen MR) is 75.0 cm³/mol. The second-order valence-electron chi connectivity index (χ2n) is 4.94. The normalized spacial score (nSPS) is 16.4. The highest BCUT2D eigenvalue weighted by atomic mass is 35.5. The molecule has 0 saturated heterocycles. The maximum absolute atomic E-state index is 12.1. The molecule has 1 aromatic rings. The monoisotopic (exact) mass is 297 g/mol. The van der Waals surface area contributed by atoms with Gasteiger partial charge in [-0.25, -0.2) is 4.79 Å². The third-order valence-corrected chi connectivity index (χ3v) is 3.69. The van der Waals surface area contributed by atoms with Crippen LogP contribution >= 0.6 is 11.6 Å². The number of halogens is 1. The Morgan fingerprint density at radius 3 is 2.50 bits per heavy atom. The van der Waals surface area contributed by atoms with Crippen LogP contribution in [0.3, 0.4) is 0 Å². The summed E-state index contributed by atoms with van der Waals surface area (Å²) < 4.78 is 5.40. The summed E-state index contributed by atoms with van der Waals surface area (Å²) in [6.45, 7) is 0. The molecule has 20 heavy (non-hydrogen) atoms. The van der Waals surface area contributed by atoms with E-state index in [0.717, 1.165) is 38.5 Å². The van der Waals surface area contributed by atoms with E-state index in [0.29, 0.717) is 0 Å². The lowest BCUT2D eigenvalue weighted by Gasteiger charge is -2.15. The van der Waals surface area contributed by atoms with Crippen molar-refractivity contribution < 1.29 is 14.5 Å². The van der Waals surface area contributed by atoms with Gasteiger partial charge in [-0.2, -0.15) is 0 Å². The van der Waals surface area contributed by atoms with Gasteiger partial charge >= 0.3 is 5.97 Å². The molecule has 0 atom stereocenters. The van der Waals surface area contributed by atoms with Gasteiger partial charge in [0.25, 0.3) is 5.69 Å². The van der Waals surface area contributed by atoms with Crippen molar-refractivity contribution in [2.75, 3.05) is 0 Å². The Kier molecular flexibility index (Phi) is 4.95. The van der Waals surface area contributed by atoms with Crippen molar-refractivity contribution in [2.24, 2.45) is 0 Å². The molecule has 1 saturated carbocycles. The number of carbonyl (C=O) groups excluding carboxylic acids is 1. The number of benzene rings is 1. The van der Waals surface area contributed by atoms with Crippen LogP contribution in [0.4, 0.5) is 5.69 Å². The van der Waals surface area contributed by atoms with Crippen LogP contribution < -0.4 is 0 Å². The first-order valence-corrected chi connectivity index (χ1v) is 7.10. The summed E-state index contributed by atoms with van der Waals surface area (Å²) in [5.41, 5.74) is -0.347. The van der Waals surface area contributed by atoms with Crippen molar-refractivity contribution in [3.8, 4) is 0 Å². The standard InChI is InChI=1S/C14H16ClNO4/c15-10-7-8-13(16(18)19)12(9-10)14(17)20-11-5-3-1-2-4-6-11/h7-9,11H,1-6H2. The molecule has 0 aromatic heterocycles. The van der Waals surface area contributed by atoms with E-state index in [9.17, 15) is 14.9 Å². The first-order valence-electron chi connectivity index (χ1n) is 6.73. The van der Waals surface area contributed by atoms with Gasteiger partial charge in [0.05, 0.1) is 4.92 Å². The van der Waals surface area contributed by atoms with Crippen LogP contribution in [0.2, 0.25) is 5.02 Å². The molecule has 1 aliphatic carbocycles. The number of hydrogen-bond acceptors (Lipinski definition) is 4. The Labute approximate surface area is 122 Å². The minimum atomic E-state index is -0.661. The number of nitro benzene ring substituents is 1. The molecule has 0 N–H and O–H groups in total. The zero-order chi connectivity index (χ0) is 14.5. The van der Waals surface area contributed by atoms with E-state index in [1.165, 1.54) is 18.2 Å². The van der Waals surface area contributed by atoms with Crippen LogP contribution in [0, 0.1) is 10.1 Å². The highest BCUT2D eigenvalue weighted by molar-refractivity contribution is 6.31. The molecule has 2 rings (SSSR count). The highest BCUT2D eigenvalue weighted by Crippen LogP contribution is 2.26. The molecule has 1 aliphatic rings. The van der Waals surface area contributed by atoms with E-state index >= 15 is 0 Å². The summed E-state index contributed by atoms with van der Waals surface area (Å²) in [4.78, 5) is 22.5. The number of nitro groups is 1. The fraction of sp³-hybridized carbons (Fsp3) is 0.500. The van der Waals surface area contributed by atoms with Crippen molar-refractivity contribution >= 4 is 23.3 Å². The highest BCUT2D eigenvalue weighted by Gasteiger charge is 2.25. The zero-order valence-corrected chi connectivity index (χ0v) is 11.8. The van der Waals surface area contributed by atoms with Gasteiger partial charge in [0.15, 0.2) is 0 Å². The van der Waals surface area contributed by atoms with Crippen molar-refractivity contribution in [1.29, 1.82) is 0 Å². The van der Waals surface area contributed by atoms with E-state index in [2.05, 4.69) is 0 Å². The van der Waals surface area contributed by atoms with E-state index < -0.39 is 10.9 Å². The molecular weight excluding hydrogens is 282 g/mol. The topological polar surface area (TPSA) is 69.4 Å². The van der Waals surface area contributed by atoms with Crippen LogP contribution in [0.1, 0.15) is 48.9 Å². The molecule has 108 valence electrons. The molecule has 6 heteroatoms. The summed E-state index contributed by atoms with van der Waals surface area (Å²) in [6.07, 6.45) is 5.82. The van der Waals surface area contributed by atoms with E-state index in [1.807, 2.05) is 0 Å². The third-order valence-electron chi connectivity index (χ3n) is 3.45. The van der Waals surface area contributed by atoms with E-state index in [4.69, 9.17) is 16.3 Å². The number of carbonyl (C=O) groups is 1. The van der Waals surface area contributed by atoms with Crippen LogP contribution in [0.15, 0.2) is 18.2 Å². The molecule has 0 amide bonds. The molecule has 0 radical (unpaired) electrons. The summed E-state index contributed by atoms with van der Waals surface area (Å²) in [5, 5.41) is 11.2. The summed E-state index contributed by atoms with van der Waals surface area (Å²) in [5.74, 6) is -0.661. The fourth-order valence-corrected chi connectivity index (χ4v) is 2.58. The van der Waals surface area contributed by atoms with Gasteiger partial charge < -0.3 is 4.74 Å². The minimum absolute atomic E-state index is 0.0771. The number of nitrogens with zero attached hydrogens (tertiary/aromatic N) is 1. The van der Waals surface area contributed by atoms with Gasteiger partial charge in [-0.3, -0.25) is 10.1 Å². The fourth-order valence-electron chi connectivity index (χ4n) is 2.41. The predicted octanol–water partition coefficient (Wildman–Crippen LogP) is 4.13. The molecule has 1 aromatic carbocycles. The maximum Gasteiger partial charge on any atom is 0.345 e. The second kappa shape index (κ2) is 6.70. The SMILES string of the molecule is O=C(OC1CCCCCC1)c1cc(Cl)ccc1[N+](=O)[O-]. The number of ether oxygens (including phenoxy) is 1. The molecule has 0 spiro atoms. The summed E-state index contributed by atoms with van der Waals surface area (Å²) in [7, 11) is 0. The lowest BCUT2D eigenvalue weighted by Crippen LogP contribution is -2.18. The Hall–Kier alpha value is -1.62. The van der Waals surface area contributed by atoms with Gasteiger partial charge in [0.2, 0.25) is 0 Å². The minimum Gasteiger partial charge on any atom is -0.459 e. The van der Waals surface area contributed by atoms with Crippen LogP contribution in [0.25, 0.3) is 0 Å². The quantitative estimate of drug-likeness (QED) is 0.364. The molecule has 0 bridgehead atoms.